The Morgan fingerprint density at radius 2 is 0.988 bits per heavy atom. The predicted molar refractivity (Wildman–Crippen MR) is 340 cm³/mol. The smallest absolute Gasteiger partial charge is 0.275 e. The number of imidazole rings is 3. The molecule has 5 aromatic carbocycles. The first-order valence-corrected chi connectivity index (χ1v) is 28.3. The summed E-state index contributed by atoms with van der Waals surface area (Å²) in [6, 6.07) is 39.4. The Bertz CT molecular complexity index is 4250. The summed E-state index contributed by atoms with van der Waals surface area (Å²) in [5, 5.41) is 26.5. The number of fused-ring (bicyclic) bond motifs is 3. The number of nitrogens with zero attached hydrogens (tertiary/aromatic N) is 11. The molecule has 1 atom stereocenters. The Hall–Kier alpha value is -10.9. The van der Waals surface area contributed by atoms with Crippen LogP contribution in [0, 0.1) is 54.7 Å². The van der Waals surface area contributed by atoms with Gasteiger partial charge >= 0.3 is 0 Å². The highest BCUT2D eigenvalue weighted by atomic mass is 32.2. The van der Waals surface area contributed by atoms with E-state index in [-0.39, 0.29) is 5.69 Å². The SMILES string of the molecule is COc1ccc(CN)cc1.Cc1cc(C)cc(Nc2cc(N)c3ncc(C(N)=O)n3n2)c1.[C-]#[N+]c1cnc2c(NCc3ccc(OC)cc3)cc(Nc3cc(C)cc(C)c3)nn12.[C-]#[N+]c1cnc2c(S(=O)CC)cc(Nc3cc(C)cc(C)c3)nn12. The number of anilines is 8. The Kier molecular flexibility index (Phi) is 19.9. The van der Waals surface area contributed by atoms with Gasteiger partial charge in [-0.15, -0.1) is 14.1 Å². The molecule has 0 saturated carbocycles. The third-order valence-corrected chi connectivity index (χ3v) is 14.2. The van der Waals surface area contributed by atoms with Crippen molar-refractivity contribution in [2.45, 2.75) is 66.5 Å². The number of aryl methyl sites for hydroxylation is 6. The molecule has 0 aliphatic carbocycles. The number of rotatable bonds is 15. The summed E-state index contributed by atoms with van der Waals surface area (Å²) >= 11 is 0. The second-order valence-electron chi connectivity index (χ2n) is 19.9. The molecule has 1 amide bonds. The van der Waals surface area contributed by atoms with Gasteiger partial charge in [-0.1, -0.05) is 72.7 Å². The third-order valence-electron chi connectivity index (χ3n) is 12.9. The summed E-state index contributed by atoms with van der Waals surface area (Å²) in [5.41, 5.74) is 31.4. The molecule has 0 aliphatic rings. The van der Waals surface area contributed by atoms with Crippen LogP contribution < -0.4 is 47.9 Å². The number of methoxy groups -OCH3 is 2. The number of carbonyl (C=O) groups excluding carboxylic acids is 1. The van der Waals surface area contributed by atoms with E-state index in [4.69, 9.17) is 39.8 Å². The zero-order valence-corrected chi connectivity index (χ0v) is 49.9. The molecule has 0 aliphatic heterocycles. The van der Waals surface area contributed by atoms with Crippen LogP contribution in [-0.2, 0) is 23.9 Å². The molecule has 0 fully saturated rings. The standard InChI is InChI=1S/C23H22N6O.C17H17N5OS.C15H16N6O.C8H11NO/c1-15-9-16(2)11-18(10-15)27-21-12-20(23-26-14-22(24-3)29(23)28-21)25-13-17-5-7-19(30-4)8-6-17;1-5-24(23)14-9-15(20-13-7-11(2)6-12(3)8-13)21-22-16(18-4)10-19-17(14)22;1-8-3-9(2)5-10(4-8)19-13-6-11(16)15-18-7-12(14(17)22)21(15)20-13;1-10-8-4-2-7(6-9)3-5-8/h5-12,14,25H,13H2,1-2,4H3,(H,27,28);6-10H,5H2,1-3H3,(H,20,21);3-7H,16H2,1-2H3,(H2,17,22)(H,19,20);2-5H,6,9H2,1H3. The summed E-state index contributed by atoms with van der Waals surface area (Å²) in [4.78, 5) is 31.6. The number of hydrogen-bond acceptors (Lipinski definition) is 16. The molecule has 10 N–H and O–H groups in total. The molecule has 0 spiro atoms. The molecule has 0 bridgehead atoms. The van der Waals surface area contributed by atoms with Crippen molar-refractivity contribution in [1.29, 1.82) is 0 Å². The van der Waals surface area contributed by atoms with Crippen molar-refractivity contribution in [3.05, 3.63) is 213 Å². The molecule has 6 heterocycles. The van der Waals surface area contributed by atoms with E-state index in [0.29, 0.717) is 75.5 Å². The minimum Gasteiger partial charge on any atom is -0.497 e. The topological polar surface area (TPSA) is 278 Å². The van der Waals surface area contributed by atoms with Crippen LogP contribution in [0.5, 0.6) is 11.5 Å². The lowest BCUT2D eigenvalue weighted by Crippen LogP contribution is -2.15. The normalized spacial score (nSPS) is 10.9. The summed E-state index contributed by atoms with van der Waals surface area (Å²) in [6.45, 7) is 29.9. The van der Waals surface area contributed by atoms with Crippen LogP contribution in [0.3, 0.4) is 0 Å². The summed E-state index contributed by atoms with van der Waals surface area (Å²) in [5.74, 6) is 3.89. The van der Waals surface area contributed by atoms with E-state index in [1.807, 2.05) is 113 Å². The van der Waals surface area contributed by atoms with Crippen molar-refractivity contribution in [3.63, 3.8) is 0 Å². The lowest BCUT2D eigenvalue weighted by molar-refractivity contribution is 0.0993. The maximum absolute atomic E-state index is 12.4. The Balaban J connectivity index is 0.000000157. The van der Waals surface area contributed by atoms with Crippen LogP contribution in [0.25, 0.3) is 26.6 Å². The number of carbonyl (C=O) groups is 1. The van der Waals surface area contributed by atoms with Gasteiger partial charge in [0, 0.05) is 54.1 Å². The van der Waals surface area contributed by atoms with Gasteiger partial charge in [-0.2, -0.15) is 0 Å². The predicted octanol–water partition coefficient (Wildman–Crippen LogP) is 12.0. The Labute approximate surface area is 500 Å². The molecule has 23 heteroatoms. The lowest BCUT2D eigenvalue weighted by Gasteiger charge is -2.11. The van der Waals surface area contributed by atoms with Gasteiger partial charge in [0.15, 0.2) is 23.1 Å². The number of primary amides is 1. The fourth-order valence-corrected chi connectivity index (χ4v) is 10.0. The summed E-state index contributed by atoms with van der Waals surface area (Å²) < 4.78 is 26.9. The van der Waals surface area contributed by atoms with Crippen molar-refractivity contribution >= 4 is 91.2 Å². The largest absolute Gasteiger partial charge is 0.497 e. The average molecular weight is 1170 g/mol. The summed E-state index contributed by atoms with van der Waals surface area (Å²) in [6.07, 6.45) is 4.35. The first-order chi connectivity index (χ1) is 41.4. The number of nitrogens with two attached hydrogens (primary N) is 3. The molecule has 438 valence electrons. The maximum Gasteiger partial charge on any atom is 0.275 e. The number of ether oxygens (including phenoxy) is 2. The lowest BCUT2D eigenvalue weighted by atomic mass is 10.1. The molecule has 22 nitrogen and oxygen atoms in total. The number of hydrogen-bond donors (Lipinski definition) is 7. The number of benzene rings is 5. The first-order valence-electron chi connectivity index (χ1n) is 27.0. The molecule has 86 heavy (non-hydrogen) atoms. The molecule has 1 unspecified atom stereocenters. The molecule has 6 aromatic heterocycles. The summed E-state index contributed by atoms with van der Waals surface area (Å²) in [7, 11) is 2.10. The van der Waals surface area contributed by atoms with Crippen LogP contribution >= 0.6 is 0 Å². The number of aromatic nitrogens is 9. The maximum atomic E-state index is 12.4. The van der Waals surface area contributed by atoms with Crippen LogP contribution in [0.4, 0.5) is 57.5 Å². The highest BCUT2D eigenvalue weighted by molar-refractivity contribution is 7.85. The van der Waals surface area contributed by atoms with E-state index < -0.39 is 16.7 Å². The van der Waals surface area contributed by atoms with Crippen molar-refractivity contribution in [3.8, 4) is 11.5 Å². The van der Waals surface area contributed by atoms with Crippen LogP contribution in [0.1, 0.15) is 61.9 Å². The molecule has 0 saturated heterocycles. The van der Waals surface area contributed by atoms with Gasteiger partial charge in [0.1, 0.15) is 27.8 Å². The van der Waals surface area contributed by atoms with Crippen LogP contribution in [0.15, 0.2) is 145 Å². The van der Waals surface area contributed by atoms with E-state index >= 15 is 0 Å². The van der Waals surface area contributed by atoms with Crippen molar-refractivity contribution in [2.24, 2.45) is 11.5 Å². The van der Waals surface area contributed by atoms with E-state index in [1.54, 1.807) is 30.9 Å². The van der Waals surface area contributed by atoms with Crippen molar-refractivity contribution in [2.75, 3.05) is 47.0 Å². The molecular weight excluding hydrogens is 1100 g/mol. The highest BCUT2D eigenvalue weighted by Crippen LogP contribution is 2.29. The Morgan fingerprint density at radius 1 is 0.570 bits per heavy atom. The van der Waals surface area contributed by atoms with Crippen LogP contribution in [0.2, 0.25) is 0 Å². The fourth-order valence-electron chi connectivity index (χ4n) is 9.12. The monoisotopic (exact) mass is 1170 g/mol. The molecule has 11 rings (SSSR count). The minimum absolute atomic E-state index is 0.186. The van der Waals surface area contributed by atoms with Crippen molar-refractivity contribution < 1.29 is 18.5 Å². The quantitative estimate of drug-likeness (QED) is 0.0470. The second-order valence-corrected chi connectivity index (χ2v) is 21.6. The van der Waals surface area contributed by atoms with E-state index in [9.17, 15) is 9.00 Å². The van der Waals surface area contributed by atoms with E-state index in [1.165, 1.54) is 38.7 Å². The van der Waals surface area contributed by atoms with Gasteiger partial charge < -0.3 is 57.6 Å². The highest BCUT2D eigenvalue weighted by Gasteiger charge is 2.19. The average Bonchev–Trinajstić information content (AvgIpc) is 1.99. The zero-order valence-electron chi connectivity index (χ0n) is 49.1. The zero-order chi connectivity index (χ0) is 61.6. The van der Waals surface area contributed by atoms with Crippen LogP contribution in [-0.4, -0.2) is 73.9 Å². The minimum atomic E-state index is -1.20. The molecule has 11 aromatic rings. The first kappa shape index (κ1) is 61.2. The molecular formula is C63H66N18O4S. The van der Waals surface area contributed by atoms with Gasteiger partial charge in [0.05, 0.1) is 49.3 Å². The van der Waals surface area contributed by atoms with E-state index in [0.717, 1.165) is 67.6 Å². The van der Waals surface area contributed by atoms with Crippen molar-refractivity contribution in [1.82, 2.24) is 43.8 Å². The van der Waals surface area contributed by atoms with E-state index in [2.05, 4.69) is 105 Å². The number of nitrogens with one attached hydrogen (secondary N) is 4. The fraction of sp³-hybridized carbons (Fsp3) is 0.190. The van der Waals surface area contributed by atoms with Gasteiger partial charge in [0.2, 0.25) is 5.65 Å². The third kappa shape index (κ3) is 15.4. The number of amides is 1. The van der Waals surface area contributed by atoms with Gasteiger partial charge in [-0.3, -0.25) is 9.00 Å². The van der Waals surface area contributed by atoms with Gasteiger partial charge in [-0.25, -0.2) is 19.5 Å². The molecule has 0 radical (unpaired) electrons. The van der Waals surface area contributed by atoms with Gasteiger partial charge in [0.25, 0.3) is 23.2 Å². The Morgan fingerprint density at radius 3 is 1.43 bits per heavy atom. The second kappa shape index (κ2) is 27.9. The number of nitrogen functional groups attached to an aromatic ring is 1. The van der Waals surface area contributed by atoms with Gasteiger partial charge in [-0.05, 0) is 147 Å².